The highest BCUT2D eigenvalue weighted by Gasteiger charge is 2.28. The van der Waals surface area contributed by atoms with E-state index in [9.17, 15) is 13.2 Å². The van der Waals surface area contributed by atoms with Gasteiger partial charge in [-0.3, -0.25) is 9.10 Å². The van der Waals surface area contributed by atoms with Crippen molar-refractivity contribution >= 4 is 21.6 Å². The molecule has 0 saturated carbocycles. The summed E-state index contributed by atoms with van der Waals surface area (Å²) in [5.41, 5.74) is 0.423. The molecule has 20 heavy (non-hydrogen) atoms. The van der Waals surface area contributed by atoms with E-state index in [-0.39, 0.29) is 5.91 Å². The van der Waals surface area contributed by atoms with Crippen LogP contribution in [-0.4, -0.2) is 40.3 Å². The maximum absolute atomic E-state index is 11.9. The van der Waals surface area contributed by atoms with Crippen molar-refractivity contribution in [1.82, 2.24) is 5.32 Å². The third-order valence-corrected chi connectivity index (χ3v) is 3.98. The standard InChI is InChI=1S/C13H20N2O4S/c1-5-19-12-8-6-11(7-9-12)15(20(4,17)18)10(2)13(16)14-3/h6-10H,5H2,1-4H3,(H,14,16)/t10-/m1/s1. The fourth-order valence-corrected chi connectivity index (χ4v) is 3.05. The number of likely N-dealkylation sites (N-methyl/N-ethyl adjacent to an activating group) is 1. The van der Waals surface area contributed by atoms with E-state index in [2.05, 4.69) is 5.32 Å². The first-order chi connectivity index (χ1) is 9.31. The molecule has 1 atom stereocenters. The summed E-state index contributed by atoms with van der Waals surface area (Å²) in [5.74, 6) is 0.279. The van der Waals surface area contributed by atoms with E-state index < -0.39 is 16.1 Å². The molecule has 1 rings (SSSR count). The van der Waals surface area contributed by atoms with Crippen LogP contribution in [-0.2, 0) is 14.8 Å². The molecule has 0 aromatic heterocycles. The SMILES string of the molecule is CCOc1ccc(N([C@H](C)C(=O)NC)S(C)(=O)=O)cc1. The minimum Gasteiger partial charge on any atom is -0.494 e. The van der Waals surface area contributed by atoms with Crippen molar-refractivity contribution in [2.24, 2.45) is 0 Å². The number of ether oxygens (including phenoxy) is 1. The third kappa shape index (κ3) is 3.86. The van der Waals surface area contributed by atoms with Crippen LogP contribution in [0.4, 0.5) is 5.69 Å². The number of amides is 1. The first-order valence-corrected chi connectivity index (χ1v) is 8.10. The number of nitrogens with one attached hydrogen (secondary N) is 1. The van der Waals surface area contributed by atoms with Crippen molar-refractivity contribution in [1.29, 1.82) is 0 Å². The van der Waals surface area contributed by atoms with Gasteiger partial charge >= 0.3 is 0 Å². The Morgan fingerprint density at radius 2 is 1.90 bits per heavy atom. The molecular formula is C13H20N2O4S. The number of hydrogen-bond acceptors (Lipinski definition) is 4. The van der Waals surface area contributed by atoms with Crippen LogP contribution in [0.1, 0.15) is 13.8 Å². The zero-order valence-corrected chi connectivity index (χ0v) is 12.9. The summed E-state index contributed by atoms with van der Waals surface area (Å²) in [6, 6.07) is 5.76. The van der Waals surface area contributed by atoms with E-state index in [1.165, 1.54) is 14.0 Å². The Morgan fingerprint density at radius 1 is 1.35 bits per heavy atom. The summed E-state index contributed by atoms with van der Waals surface area (Å²) < 4.78 is 30.2. The van der Waals surface area contributed by atoms with Crippen LogP contribution >= 0.6 is 0 Å². The van der Waals surface area contributed by atoms with Gasteiger partial charge in [0.1, 0.15) is 11.8 Å². The van der Waals surface area contributed by atoms with E-state index in [1.54, 1.807) is 24.3 Å². The minimum atomic E-state index is -3.57. The van der Waals surface area contributed by atoms with Gasteiger partial charge in [0, 0.05) is 7.05 Å². The molecule has 0 saturated heterocycles. The fourth-order valence-electron chi connectivity index (χ4n) is 1.87. The number of carbonyl (C=O) groups excluding carboxylic acids is 1. The zero-order chi connectivity index (χ0) is 15.3. The summed E-state index contributed by atoms with van der Waals surface area (Å²) in [7, 11) is -2.10. The second-order valence-electron chi connectivity index (χ2n) is 4.28. The average Bonchev–Trinajstić information content (AvgIpc) is 2.38. The molecule has 0 aliphatic carbocycles. The summed E-state index contributed by atoms with van der Waals surface area (Å²) in [6.07, 6.45) is 1.07. The van der Waals surface area contributed by atoms with E-state index in [1.807, 2.05) is 6.92 Å². The van der Waals surface area contributed by atoms with Crippen LogP contribution in [0.25, 0.3) is 0 Å². The lowest BCUT2D eigenvalue weighted by Crippen LogP contribution is -2.46. The fraction of sp³-hybridized carbons (Fsp3) is 0.462. The molecule has 1 N–H and O–H groups in total. The van der Waals surface area contributed by atoms with Crippen LogP contribution in [0.5, 0.6) is 5.75 Å². The molecule has 0 unspecified atom stereocenters. The molecule has 0 radical (unpaired) electrons. The lowest BCUT2D eigenvalue weighted by Gasteiger charge is -2.27. The molecule has 0 heterocycles. The van der Waals surface area contributed by atoms with Crippen LogP contribution in [0.3, 0.4) is 0 Å². The molecule has 1 aromatic rings. The second kappa shape index (κ2) is 6.60. The largest absolute Gasteiger partial charge is 0.494 e. The Bertz CT molecular complexity index is 554. The molecule has 0 bridgehead atoms. The molecular weight excluding hydrogens is 280 g/mol. The van der Waals surface area contributed by atoms with E-state index in [0.717, 1.165) is 10.6 Å². The lowest BCUT2D eigenvalue weighted by molar-refractivity contribution is -0.121. The lowest BCUT2D eigenvalue weighted by atomic mass is 10.2. The Balaban J connectivity index is 3.15. The normalized spacial score (nSPS) is 12.6. The van der Waals surface area contributed by atoms with Crippen LogP contribution in [0.15, 0.2) is 24.3 Å². The van der Waals surface area contributed by atoms with Crippen molar-refractivity contribution in [3.63, 3.8) is 0 Å². The smallest absolute Gasteiger partial charge is 0.243 e. The molecule has 6 nitrogen and oxygen atoms in total. The molecule has 0 aliphatic heterocycles. The number of anilines is 1. The molecule has 0 aliphatic rings. The summed E-state index contributed by atoms with van der Waals surface area (Å²) in [5, 5.41) is 2.45. The maximum atomic E-state index is 11.9. The highest BCUT2D eigenvalue weighted by Crippen LogP contribution is 2.23. The number of nitrogens with zero attached hydrogens (tertiary/aromatic N) is 1. The third-order valence-electron chi connectivity index (χ3n) is 2.74. The molecule has 1 amide bonds. The Hall–Kier alpha value is -1.76. The highest BCUT2D eigenvalue weighted by atomic mass is 32.2. The summed E-state index contributed by atoms with van der Waals surface area (Å²) >= 11 is 0. The van der Waals surface area contributed by atoms with Gasteiger partial charge in [-0.25, -0.2) is 8.42 Å². The van der Waals surface area contributed by atoms with Gasteiger partial charge in [0.25, 0.3) is 0 Å². The van der Waals surface area contributed by atoms with E-state index in [4.69, 9.17) is 4.74 Å². The van der Waals surface area contributed by atoms with Gasteiger partial charge < -0.3 is 10.1 Å². The maximum Gasteiger partial charge on any atom is 0.243 e. The van der Waals surface area contributed by atoms with Crippen LogP contribution < -0.4 is 14.4 Å². The van der Waals surface area contributed by atoms with Gasteiger partial charge in [0.05, 0.1) is 18.6 Å². The number of carbonyl (C=O) groups is 1. The van der Waals surface area contributed by atoms with Crippen molar-refractivity contribution in [3.8, 4) is 5.75 Å². The molecule has 0 spiro atoms. The number of rotatable bonds is 6. The van der Waals surface area contributed by atoms with Gasteiger partial charge in [-0.15, -0.1) is 0 Å². The summed E-state index contributed by atoms with van der Waals surface area (Å²) in [4.78, 5) is 11.7. The first-order valence-electron chi connectivity index (χ1n) is 6.25. The summed E-state index contributed by atoms with van der Waals surface area (Å²) in [6.45, 7) is 3.94. The predicted octanol–water partition coefficient (Wildman–Crippen LogP) is 0.986. The van der Waals surface area contributed by atoms with Crippen molar-refractivity contribution in [2.75, 3.05) is 24.2 Å². The molecule has 0 fully saturated rings. The quantitative estimate of drug-likeness (QED) is 0.850. The minimum absolute atomic E-state index is 0.371. The Labute approximate surface area is 119 Å². The highest BCUT2D eigenvalue weighted by molar-refractivity contribution is 7.92. The van der Waals surface area contributed by atoms with Crippen molar-refractivity contribution in [3.05, 3.63) is 24.3 Å². The second-order valence-corrected chi connectivity index (χ2v) is 6.14. The number of hydrogen-bond donors (Lipinski definition) is 1. The number of sulfonamides is 1. The topological polar surface area (TPSA) is 75.7 Å². The molecule has 112 valence electrons. The van der Waals surface area contributed by atoms with Crippen molar-refractivity contribution in [2.45, 2.75) is 19.9 Å². The van der Waals surface area contributed by atoms with Crippen LogP contribution in [0, 0.1) is 0 Å². The van der Waals surface area contributed by atoms with Gasteiger partial charge in [-0.2, -0.15) is 0 Å². The van der Waals surface area contributed by atoms with Gasteiger partial charge in [0.2, 0.25) is 15.9 Å². The Kier molecular flexibility index (Phi) is 5.38. The zero-order valence-electron chi connectivity index (χ0n) is 12.1. The molecule has 1 aromatic carbocycles. The van der Waals surface area contributed by atoms with E-state index >= 15 is 0 Å². The van der Waals surface area contributed by atoms with Gasteiger partial charge in [-0.05, 0) is 38.1 Å². The van der Waals surface area contributed by atoms with Gasteiger partial charge in [0.15, 0.2) is 0 Å². The van der Waals surface area contributed by atoms with Crippen LogP contribution in [0.2, 0.25) is 0 Å². The number of benzene rings is 1. The average molecular weight is 300 g/mol. The van der Waals surface area contributed by atoms with Crippen molar-refractivity contribution < 1.29 is 17.9 Å². The van der Waals surface area contributed by atoms with Gasteiger partial charge in [-0.1, -0.05) is 0 Å². The Morgan fingerprint density at radius 3 is 2.30 bits per heavy atom. The van der Waals surface area contributed by atoms with E-state index in [0.29, 0.717) is 18.0 Å². The molecule has 7 heteroatoms. The predicted molar refractivity (Wildman–Crippen MR) is 78.5 cm³/mol. The monoisotopic (exact) mass is 300 g/mol. The first kappa shape index (κ1) is 16.3.